The zero-order valence-electron chi connectivity index (χ0n) is 8.33. The van der Waals surface area contributed by atoms with E-state index in [1.54, 1.807) is 32.0 Å². The Morgan fingerprint density at radius 2 is 2.29 bits per heavy atom. The van der Waals surface area contributed by atoms with Gasteiger partial charge in [-0.3, -0.25) is 0 Å². The summed E-state index contributed by atoms with van der Waals surface area (Å²) < 4.78 is 4.87. The second kappa shape index (κ2) is 5.08. The molecular formula is C12H12O2. The fraction of sp³-hybridized carbons (Fsp3) is 0.250. The highest BCUT2D eigenvalue weighted by Crippen LogP contribution is 2.05. The standard InChI is InChI=1S/C12H12O2/c1-3-6-10-7-5-8-11(9-10)12(13)14-4-2/h5,7-9H,4H2,1-2H3. The van der Waals surface area contributed by atoms with Gasteiger partial charge in [-0.2, -0.15) is 0 Å². The van der Waals surface area contributed by atoms with E-state index in [9.17, 15) is 4.79 Å². The Labute approximate surface area is 83.9 Å². The Morgan fingerprint density at radius 1 is 1.50 bits per heavy atom. The molecular weight excluding hydrogens is 176 g/mol. The number of carbonyl (C=O) groups is 1. The number of esters is 1. The van der Waals surface area contributed by atoms with Gasteiger partial charge in [-0.15, -0.1) is 5.92 Å². The van der Waals surface area contributed by atoms with Gasteiger partial charge in [-0.1, -0.05) is 12.0 Å². The highest BCUT2D eigenvalue weighted by molar-refractivity contribution is 5.89. The fourth-order valence-electron chi connectivity index (χ4n) is 1.08. The molecule has 72 valence electrons. The molecule has 0 aliphatic carbocycles. The molecule has 0 atom stereocenters. The maximum atomic E-state index is 11.3. The van der Waals surface area contributed by atoms with Crippen molar-refractivity contribution in [2.45, 2.75) is 13.8 Å². The van der Waals surface area contributed by atoms with Crippen LogP contribution in [0.1, 0.15) is 29.8 Å². The minimum absolute atomic E-state index is 0.299. The molecule has 0 aromatic heterocycles. The van der Waals surface area contributed by atoms with Crippen molar-refractivity contribution in [1.82, 2.24) is 0 Å². The zero-order valence-corrected chi connectivity index (χ0v) is 8.33. The van der Waals surface area contributed by atoms with Gasteiger partial charge in [0.05, 0.1) is 12.2 Å². The van der Waals surface area contributed by atoms with E-state index in [0.717, 1.165) is 5.56 Å². The van der Waals surface area contributed by atoms with Gasteiger partial charge in [0, 0.05) is 5.56 Å². The number of hydrogen-bond acceptors (Lipinski definition) is 2. The van der Waals surface area contributed by atoms with Crippen LogP contribution in [-0.4, -0.2) is 12.6 Å². The van der Waals surface area contributed by atoms with Crippen molar-refractivity contribution >= 4 is 5.97 Å². The smallest absolute Gasteiger partial charge is 0.338 e. The molecule has 0 spiro atoms. The van der Waals surface area contributed by atoms with E-state index in [1.807, 2.05) is 6.07 Å². The topological polar surface area (TPSA) is 26.3 Å². The average Bonchev–Trinajstić information content (AvgIpc) is 2.19. The van der Waals surface area contributed by atoms with Crippen molar-refractivity contribution < 1.29 is 9.53 Å². The first-order valence-corrected chi connectivity index (χ1v) is 4.48. The third-order valence-electron chi connectivity index (χ3n) is 1.64. The van der Waals surface area contributed by atoms with Crippen LogP contribution in [0.2, 0.25) is 0 Å². The van der Waals surface area contributed by atoms with Gasteiger partial charge >= 0.3 is 5.97 Å². The molecule has 14 heavy (non-hydrogen) atoms. The lowest BCUT2D eigenvalue weighted by molar-refractivity contribution is 0.0526. The molecule has 1 aromatic carbocycles. The van der Waals surface area contributed by atoms with Crippen molar-refractivity contribution in [3.63, 3.8) is 0 Å². The molecule has 0 saturated heterocycles. The summed E-state index contributed by atoms with van der Waals surface area (Å²) >= 11 is 0. The maximum absolute atomic E-state index is 11.3. The lowest BCUT2D eigenvalue weighted by Gasteiger charge is -2.01. The number of hydrogen-bond donors (Lipinski definition) is 0. The fourth-order valence-corrected chi connectivity index (χ4v) is 1.08. The van der Waals surface area contributed by atoms with Crippen LogP contribution >= 0.6 is 0 Å². The molecule has 0 fully saturated rings. The van der Waals surface area contributed by atoms with Crippen molar-refractivity contribution in [2.75, 3.05) is 6.61 Å². The van der Waals surface area contributed by atoms with E-state index >= 15 is 0 Å². The van der Waals surface area contributed by atoms with Gasteiger partial charge in [0.2, 0.25) is 0 Å². The first kappa shape index (κ1) is 10.3. The third kappa shape index (κ3) is 2.63. The minimum Gasteiger partial charge on any atom is -0.462 e. The summed E-state index contributed by atoms with van der Waals surface area (Å²) in [6, 6.07) is 7.11. The van der Waals surface area contributed by atoms with Crippen molar-refractivity contribution in [3.05, 3.63) is 35.4 Å². The quantitative estimate of drug-likeness (QED) is 0.525. The number of benzene rings is 1. The van der Waals surface area contributed by atoms with Crippen molar-refractivity contribution in [3.8, 4) is 11.8 Å². The van der Waals surface area contributed by atoms with E-state index < -0.39 is 0 Å². The molecule has 2 heteroatoms. The van der Waals surface area contributed by atoms with E-state index in [1.165, 1.54) is 0 Å². The van der Waals surface area contributed by atoms with E-state index in [4.69, 9.17) is 4.74 Å². The van der Waals surface area contributed by atoms with Crippen LogP contribution in [0.4, 0.5) is 0 Å². The lowest BCUT2D eigenvalue weighted by Crippen LogP contribution is -2.04. The molecule has 0 aliphatic heterocycles. The second-order valence-corrected chi connectivity index (χ2v) is 2.68. The van der Waals surface area contributed by atoms with Gasteiger partial charge in [0.25, 0.3) is 0 Å². The second-order valence-electron chi connectivity index (χ2n) is 2.68. The number of rotatable bonds is 2. The summed E-state index contributed by atoms with van der Waals surface area (Å²) in [6.45, 7) is 3.94. The minimum atomic E-state index is -0.299. The van der Waals surface area contributed by atoms with Gasteiger partial charge in [0.1, 0.15) is 0 Å². The summed E-state index contributed by atoms with van der Waals surface area (Å²) in [5.41, 5.74) is 1.38. The molecule has 2 nitrogen and oxygen atoms in total. The first-order valence-electron chi connectivity index (χ1n) is 4.48. The van der Waals surface area contributed by atoms with E-state index in [-0.39, 0.29) is 5.97 Å². The maximum Gasteiger partial charge on any atom is 0.338 e. The van der Waals surface area contributed by atoms with Crippen LogP contribution in [0, 0.1) is 11.8 Å². The summed E-state index contributed by atoms with van der Waals surface area (Å²) in [7, 11) is 0. The molecule has 0 heterocycles. The van der Waals surface area contributed by atoms with Crippen LogP contribution < -0.4 is 0 Å². The molecule has 0 unspecified atom stereocenters. The molecule has 1 rings (SSSR count). The normalized spacial score (nSPS) is 8.71. The van der Waals surface area contributed by atoms with Gasteiger partial charge < -0.3 is 4.74 Å². The summed E-state index contributed by atoms with van der Waals surface area (Å²) in [4.78, 5) is 11.3. The lowest BCUT2D eigenvalue weighted by atomic mass is 10.1. The average molecular weight is 188 g/mol. The molecule has 0 aliphatic rings. The monoisotopic (exact) mass is 188 g/mol. The Balaban J connectivity index is 2.91. The number of carbonyl (C=O) groups excluding carboxylic acids is 1. The van der Waals surface area contributed by atoms with Crippen LogP contribution in [0.3, 0.4) is 0 Å². The predicted octanol–water partition coefficient (Wildman–Crippen LogP) is 2.23. The van der Waals surface area contributed by atoms with Crippen LogP contribution in [0.15, 0.2) is 24.3 Å². The van der Waals surface area contributed by atoms with E-state index in [0.29, 0.717) is 12.2 Å². The molecule has 0 saturated carbocycles. The number of ether oxygens (including phenoxy) is 1. The largest absolute Gasteiger partial charge is 0.462 e. The highest BCUT2D eigenvalue weighted by Gasteiger charge is 2.05. The Hall–Kier alpha value is -1.75. The van der Waals surface area contributed by atoms with Gasteiger partial charge in [-0.05, 0) is 32.0 Å². The van der Waals surface area contributed by atoms with Crippen LogP contribution in [-0.2, 0) is 4.74 Å². The van der Waals surface area contributed by atoms with Crippen LogP contribution in [0.25, 0.3) is 0 Å². The molecule has 0 N–H and O–H groups in total. The van der Waals surface area contributed by atoms with Gasteiger partial charge in [-0.25, -0.2) is 4.79 Å². The summed E-state index contributed by atoms with van der Waals surface area (Å²) in [5, 5.41) is 0. The Bertz CT molecular complexity index is 383. The van der Waals surface area contributed by atoms with Gasteiger partial charge in [0.15, 0.2) is 0 Å². The van der Waals surface area contributed by atoms with Crippen molar-refractivity contribution in [2.24, 2.45) is 0 Å². The Kier molecular flexibility index (Phi) is 3.75. The third-order valence-corrected chi connectivity index (χ3v) is 1.64. The molecule has 0 bridgehead atoms. The van der Waals surface area contributed by atoms with Crippen molar-refractivity contribution in [1.29, 1.82) is 0 Å². The molecule has 0 radical (unpaired) electrons. The zero-order chi connectivity index (χ0) is 10.4. The predicted molar refractivity (Wildman–Crippen MR) is 55.0 cm³/mol. The summed E-state index contributed by atoms with van der Waals surface area (Å²) in [6.07, 6.45) is 0. The highest BCUT2D eigenvalue weighted by atomic mass is 16.5. The summed E-state index contributed by atoms with van der Waals surface area (Å²) in [5.74, 6) is 5.37. The van der Waals surface area contributed by atoms with Crippen LogP contribution in [0.5, 0.6) is 0 Å². The SMILES string of the molecule is CC#Cc1cccc(C(=O)OCC)c1. The molecule has 1 aromatic rings. The Morgan fingerprint density at radius 3 is 2.93 bits per heavy atom. The first-order chi connectivity index (χ1) is 6.77. The van der Waals surface area contributed by atoms with E-state index in [2.05, 4.69) is 11.8 Å². The molecule has 0 amide bonds.